The second-order valence-electron chi connectivity index (χ2n) is 6.27. The summed E-state index contributed by atoms with van der Waals surface area (Å²) in [4.78, 5) is 31.5. The Morgan fingerprint density at radius 2 is 2.03 bits per heavy atom. The number of halogens is 1. The Kier molecular flexibility index (Phi) is 7.17. The highest BCUT2D eigenvalue weighted by atomic mass is 35.5. The molecule has 0 aromatic heterocycles. The Balaban J connectivity index is 1.78. The topological polar surface area (TPSA) is 71.0 Å². The summed E-state index contributed by atoms with van der Waals surface area (Å²) in [6.45, 7) is 4.89. The number of ether oxygens (including phenoxy) is 1. The van der Waals surface area contributed by atoms with Gasteiger partial charge in [0.05, 0.1) is 12.3 Å². The van der Waals surface area contributed by atoms with Crippen molar-refractivity contribution in [1.29, 1.82) is 0 Å². The van der Waals surface area contributed by atoms with Crippen molar-refractivity contribution in [3.8, 4) is 5.75 Å². The maximum absolute atomic E-state index is 12.7. The van der Waals surface area contributed by atoms with Gasteiger partial charge in [0.15, 0.2) is 5.17 Å². The van der Waals surface area contributed by atoms with Crippen molar-refractivity contribution in [3.05, 3.63) is 53.6 Å². The van der Waals surface area contributed by atoms with Gasteiger partial charge in [-0.25, -0.2) is 4.99 Å². The highest BCUT2D eigenvalue weighted by Crippen LogP contribution is 2.30. The fraction of sp³-hybridized carbons (Fsp3) is 0.286. The van der Waals surface area contributed by atoms with Gasteiger partial charge in [0.1, 0.15) is 11.0 Å². The Labute approximate surface area is 179 Å². The summed E-state index contributed by atoms with van der Waals surface area (Å²) in [5, 5.41) is 3.31. The van der Waals surface area contributed by atoms with Gasteiger partial charge in [-0.3, -0.25) is 14.5 Å². The van der Waals surface area contributed by atoms with Crippen LogP contribution in [0.25, 0.3) is 0 Å². The SMILES string of the molecule is CCOc1ccc(N=C2SC(C(=O)Nc3cccc(Cl)c3)CC(=O)N2CC)cc1. The summed E-state index contributed by atoms with van der Waals surface area (Å²) in [7, 11) is 0. The van der Waals surface area contributed by atoms with Gasteiger partial charge in [-0.1, -0.05) is 29.4 Å². The number of amides is 2. The van der Waals surface area contributed by atoms with Crippen molar-refractivity contribution in [2.75, 3.05) is 18.5 Å². The summed E-state index contributed by atoms with van der Waals surface area (Å²) < 4.78 is 5.44. The second-order valence-corrected chi connectivity index (χ2v) is 7.88. The zero-order valence-corrected chi connectivity index (χ0v) is 17.8. The molecule has 1 aliphatic heterocycles. The van der Waals surface area contributed by atoms with Crippen LogP contribution in [0.3, 0.4) is 0 Å². The summed E-state index contributed by atoms with van der Waals surface area (Å²) in [5.74, 6) is 0.387. The first-order valence-electron chi connectivity index (χ1n) is 9.35. The number of hydrogen-bond donors (Lipinski definition) is 1. The Morgan fingerprint density at radius 3 is 2.69 bits per heavy atom. The van der Waals surface area contributed by atoms with Gasteiger partial charge in [0.2, 0.25) is 11.8 Å². The van der Waals surface area contributed by atoms with Gasteiger partial charge in [-0.15, -0.1) is 0 Å². The van der Waals surface area contributed by atoms with Crippen LogP contribution in [0.1, 0.15) is 20.3 Å². The van der Waals surface area contributed by atoms with E-state index in [0.29, 0.717) is 34.7 Å². The number of carbonyl (C=O) groups is 2. The number of nitrogens with one attached hydrogen (secondary N) is 1. The van der Waals surface area contributed by atoms with Crippen molar-refractivity contribution in [2.45, 2.75) is 25.5 Å². The lowest BCUT2D eigenvalue weighted by Gasteiger charge is -2.30. The molecule has 0 aliphatic carbocycles. The molecule has 29 heavy (non-hydrogen) atoms. The van der Waals surface area contributed by atoms with Crippen LogP contribution in [0.5, 0.6) is 5.75 Å². The summed E-state index contributed by atoms with van der Waals surface area (Å²) in [5.41, 5.74) is 1.29. The number of benzene rings is 2. The van der Waals surface area contributed by atoms with Crippen LogP contribution in [0.2, 0.25) is 5.02 Å². The number of hydrogen-bond acceptors (Lipinski definition) is 5. The molecule has 0 radical (unpaired) electrons. The number of amidine groups is 1. The first kappa shape index (κ1) is 21.2. The average Bonchev–Trinajstić information content (AvgIpc) is 2.69. The van der Waals surface area contributed by atoms with E-state index in [1.807, 2.05) is 38.1 Å². The fourth-order valence-electron chi connectivity index (χ4n) is 2.84. The minimum absolute atomic E-state index is 0.118. The molecule has 152 valence electrons. The molecule has 2 aromatic rings. The van der Waals surface area contributed by atoms with E-state index in [0.717, 1.165) is 5.75 Å². The van der Waals surface area contributed by atoms with Crippen molar-refractivity contribution in [2.24, 2.45) is 4.99 Å². The molecule has 1 fully saturated rings. The lowest BCUT2D eigenvalue weighted by Crippen LogP contribution is -2.45. The summed E-state index contributed by atoms with van der Waals surface area (Å²) in [6.07, 6.45) is 0.118. The molecule has 8 heteroatoms. The summed E-state index contributed by atoms with van der Waals surface area (Å²) in [6, 6.07) is 14.2. The van der Waals surface area contributed by atoms with E-state index in [2.05, 4.69) is 10.3 Å². The highest BCUT2D eigenvalue weighted by Gasteiger charge is 2.35. The predicted octanol–water partition coefficient (Wildman–Crippen LogP) is 4.72. The van der Waals surface area contributed by atoms with Gasteiger partial charge < -0.3 is 10.1 Å². The maximum atomic E-state index is 12.7. The second kappa shape index (κ2) is 9.80. The molecular weight excluding hydrogens is 410 g/mol. The minimum Gasteiger partial charge on any atom is -0.494 e. The molecule has 2 amide bonds. The third-order valence-electron chi connectivity index (χ3n) is 4.21. The van der Waals surface area contributed by atoms with E-state index in [1.54, 1.807) is 29.2 Å². The molecule has 1 atom stereocenters. The van der Waals surface area contributed by atoms with Crippen LogP contribution in [0, 0.1) is 0 Å². The molecule has 0 saturated carbocycles. The van der Waals surface area contributed by atoms with Crippen LogP contribution < -0.4 is 10.1 Å². The molecule has 1 aliphatic rings. The number of anilines is 1. The molecule has 0 bridgehead atoms. The van der Waals surface area contributed by atoms with E-state index in [1.165, 1.54) is 11.8 Å². The van der Waals surface area contributed by atoms with E-state index >= 15 is 0 Å². The standard InChI is InChI=1S/C21H22ClN3O3S/c1-3-25-19(26)13-18(20(27)23-16-7-5-6-14(22)12-16)29-21(25)24-15-8-10-17(11-9-15)28-4-2/h5-12,18H,3-4,13H2,1-2H3,(H,23,27). The molecule has 1 unspecified atom stereocenters. The monoisotopic (exact) mass is 431 g/mol. The first-order valence-corrected chi connectivity index (χ1v) is 10.6. The molecule has 3 rings (SSSR count). The van der Waals surface area contributed by atoms with Gasteiger partial charge in [-0.2, -0.15) is 0 Å². The van der Waals surface area contributed by atoms with Crippen molar-refractivity contribution >= 4 is 51.7 Å². The van der Waals surface area contributed by atoms with E-state index in [4.69, 9.17) is 16.3 Å². The molecule has 1 N–H and O–H groups in total. The predicted molar refractivity (Wildman–Crippen MR) is 118 cm³/mol. The first-order chi connectivity index (χ1) is 14.0. The smallest absolute Gasteiger partial charge is 0.238 e. The van der Waals surface area contributed by atoms with E-state index in [-0.39, 0.29) is 18.2 Å². The number of rotatable bonds is 6. The van der Waals surface area contributed by atoms with E-state index < -0.39 is 5.25 Å². The highest BCUT2D eigenvalue weighted by molar-refractivity contribution is 8.15. The Morgan fingerprint density at radius 1 is 1.28 bits per heavy atom. The molecule has 1 heterocycles. The van der Waals surface area contributed by atoms with Gasteiger partial charge in [0.25, 0.3) is 0 Å². The minimum atomic E-state index is -0.564. The van der Waals surface area contributed by atoms with Gasteiger partial charge >= 0.3 is 0 Å². The van der Waals surface area contributed by atoms with E-state index in [9.17, 15) is 9.59 Å². The van der Waals surface area contributed by atoms with Crippen molar-refractivity contribution < 1.29 is 14.3 Å². The van der Waals surface area contributed by atoms with Crippen molar-refractivity contribution in [3.63, 3.8) is 0 Å². The number of thioether (sulfide) groups is 1. The van der Waals surface area contributed by atoms with Crippen LogP contribution >= 0.6 is 23.4 Å². The molecule has 1 saturated heterocycles. The molecular formula is C21H22ClN3O3S. The molecule has 2 aromatic carbocycles. The Bertz CT molecular complexity index is 918. The fourth-order valence-corrected chi connectivity index (χ4v) is 4.19. The number of carbonyl (C=O) groups excluding carboxylic acids is 2. The van der Waals surface area contributed by atoms with Crippen LogP contribution in [0.4, 0.5) is 11.4 Å². The largest absolute Gasteiger partial charge is 0.494 e. The quantitative estimate of drug-likeness (QED) is 0.718. The normalized spacial score (nSPS) is 18.0. The third kappa shape index (κ3) is 5.52. The third-order valence-corrected chi connectivity index (χ3v) is 5.64. The van der Waals surface area contributed by atoms with Gasteiger partial charge in [0, 0.05) is 23.7 Å². The average molecular weight is 432 g/mol. The van der Waals surface area contributed by atoms with Crippen LogP contribution in [0.15, 0.2) is 53.5 Å². The lowest BCUT2D eigenvalue weighted by molar-refractivity contribution is -0.129. The number of aliphatic imine (C=N–C) groups is 1. The van der Waals surface area contributed by atoms with Crippen molar-refractivity contribution in [1.82, 2.24) is 4.90 Å². The van der Waals surface area contributed by atoms with Crippen LogP contribution in [-0.4, -0.2) is 40.3 Å². The number of nitrogens with zero attached hydrogens (tertiary/aromatic N) is 2. The van der Waals surface area contributed by atoms with Crippen LogP contribution in [-0.2, 0) is 9.59 Å². The molecule has 0 spiro atoms. The Hall–Kier alpha value is -2.51. The summed E-state index contributed by atoms with van der Waals surface area (Å²) >= 11 is 7.26. The van der Waals surface area contributed by atoms with Gasteiger partial charge in [-0.05, 0) is 56.3 Å². The lowest BCUT2D eigenvalue weighted by atomic mass is 10.2. The zero-order valence-electron chi connectivity index (χ0n) is 16.2. The molecule has 6 nitrogen and oxygen atoms in total. The zero-order chi connectivity index (χ0) is 20.8. The maximum Gasteiger partial charge on any atom is 0.238 e.